The number of aryl methyl sites for hydroxylation is 2. The van der Waals surface area contributed by atoms with E-state index in [0.717, 1.165) is 60.2 Å². The lowest BCUT2D eigenvalue weighted by atomic mass is 10.1. The predicted molar refractivity (Wildman–Crippen MR) is 129 cm³/mol. The molecule has 0 bridgehead atoms. The molecule has 32 heavy (non-hydrogen) atoms. The van der Waals surface area contributed by atoms with Gasteiger partial charge in [0.1, 0.15) is 0 Å². The molecule has 4 rings (SSSR count). The van der Waals surface area contributed by atoms with E-state index in [2.05, 4.69) is 30.9 Å². The number of carbonyl (C=O) groups is 2. The molecule has 0 spiro atoms. The number of amides is 1. The average molecular weight is 452 g/mol. The molecule has 6 nitrogen and oxygen atoms in total. The third-order valence-electron chi connectivity index (χ3n) is 5.91. The highest BCUT2D eigenvalue weighted by Gasteiger charge is 2.23. The largest absolute Gasteiger partial charge is 0.379 e. The number of Topliss-reactive ketones (excluding diaryl/α,β-unsaturated/α-hetero) is 1. The Bertz CT molecular complexity index is 1080. The fraction of sp³-hybridized carbons (Fsp3) is 0.400. The molecule has 0 N–H and O–H groups in total. The van der Waals surface area contributed by atoms with Crippen LogP contribution in [0.5, 0.6) is 0 Å². The topological polar surface area (TPSA) is 62.7 Å². The number of hydrogen-bond donors (Lipinski definition) is 0. The fourth-order valence-electron chi connectivity index (χ4n) is 3.93. The third-order valence-corrected chi connectivity index (χ3v) is 7.12. The normalized spacial score (nSPS) is 14.6. The summed E-state index contributed by atoms with van der Waals surface area (Å²) in [5, 5.41) is 0.722. The summed E-state index contributed by atoms with van der Waals surface area (Å²) in [5.41, 5.74) is 4.41. The Balaban J connectivity index is 1.61. The SMILES string of the molecule is CC(=O)c1ccc(C(=O)N(CCCN2CCOCC2)c2nc3c(C)ccc(C)c3s2)cc1. The molecule has 1 amide bonds. The molecular formula is C25H29N3O3S. The van der Waals surface area contributed by atoms with E-state index in [1.54, 1.807) is 40.5 Å². The molecule has 7 heteroatoms. The second kappa shape index (κ2) is 9.90. The average Bonchev–Trinajstić information content (AvgIpc) is 3.26. The van der Waals surface area contributed by atoms with E-state index in [9.17, 15) is 9.59 Å². The van der Waals surface area contributed by atoms with E-state index in [0.29, 0.717) is 17.7 Å². The van der Waals surface area contributed by atoms with Crippen LogP contribution in [0, 0.1) is 13.8 Å². The van der Waals surface area contributed by atoms with Crippen LogP contribution in [0.25, 0.3) is 10.2 Å². The summed E-state index contributed by atoms with van der Waals surface area (Å²) in [7, 11) is 0. The van der Waals surface area contributed by atoms with Crippen LogP contribution >= 0.6 is 11.3 Å². The van der Waals surface area contributed by atoms with Gasteiger partial charge >= 0.3 is 0 Å². The molecule has 2 heterocycles. The van der Waals surface area contributed by atoms with Gasteiger partial charge in [0.15, 0.2) is 10.9 Å². The number of thiazole rings is 1. The molecule has 2 aromatic carbocycles. The monoisotopic (exact) mass is 451 g/mol. The number of nitrogens with zero attached hydrogens (tertiary/aromatic N) is 3. The molecule has 1 saturated heterocycles. The Morgan fingerprint density at radius 2 is 1.69 bits per heavy atom. The standard InChI is InChI=1S/C25H29N3O3S/c1-17-5-6-18(2)23-22(17)26-25(32-23)28(12-4-11-27-13-15-31-16-14-27)24(30)21-9-7-20(8-10-21)19(3)29/h5-10H,4,11-16H2,1-3H3. The van der Waals surface area contributed by atoms with Gasteiger partial charge in [-0.25, -0.2) is 4.98 Å². The van der Waals surface area contributed by atoms with Crippen LogP contribution in [-0.4, -0.2) is 61.0 Å². The van der Waals surface area contributed by atoms with Crippen LogP contribution in [-0.2, 0) is 4.74 Å². The minimum Gasteiger partial charge on any atom is -0.379 e. The Morgan fingerprint density at radius 1 is 1.03 bits per heavy atom. The van der Waals surface area contributed by atoms with E-state index >= 15 is 0 Å². The van der Waals surface area contributed by atoms with Gasteiger partial charge in [-0.3, -0.25) is 19.4 Å². The van der Waals surface area contributed by atoms with E-state index in [1.165, 1.54) is 12.5 Å². The van der Waals surface area contributed by atoms with Crippen molar-refractivity contribution < 1.29 is 14.3 Å². The van der Waals surface area contributed by atoms with Gasteiger partial charge in [-0.2, -0.15) is 0 Å². The fourth-order valence-corrected chi connectivity index (χ4v) is 5.06. The molecular weight excluding hydrogens is 422 g/mol. The van der Waals surface area contributed by atoms with Crippen molar-refractivity contribution in [1.29, 1.82) is 0 Å². The molecule has 1 fully saturated rings. The van der Waals surface area contributed by atoms with Crippen LogP contribution in [0.4, 0.5) is 5.13 Å². The summed E-state index contributed by atoms with van der Waals surface area (Å²) in [6, 6.07) is 11.1. The predicted octanol–water partition coefficient (Wildman–Crippen LogP) is 4.48. The molecule has 3 aromatic rings. The van der Waals surface area contributed by atoms with Gasteiger partial charge in [0.25, 0.3) is 5.91 Å². The smallest absolute Gasteiger partial charge is 0.260 e. The number of ketones is 1. The first-order valence-corrected chi connectivity index (χ1v) is 11.9. The number of fused-ring (bicyclic) bond motifs is 1. The van der Waals surface area contributed by atoms with Crippen molar-refractivity contribution in [2.75, 3.05) is 44.3 Å². The van der Waals surface area contributed by atoms with Crippen molar-refractivity contribution in [3.8, 4) is 0 Å². The Kier molecular flexibility index (Phi) is 6.98. The van der Waals surface area contributed by atoms with Crippen molar-refractivity contribution in [2.24, 2.45) is 0 Å². The minimum atomic E-state index is -0.0866. The molecule has 0 aliphatic carbocycles. The van der Waals surface area contributed by atoms with Gasteiger partial charge in [0.05, 0.1) is 23.4 Å². The van der Waals surface area contributed by atoms with E-state index in [-0.39, 0.29) is 11.7 Å². The van der Waals surface area contributed by atoms with Crippen molar-refractivity contribution in [3.05, 3.63) is 58.7 Å². The summed E-state index contributed by atoms with van der Waals surface area (Å²) in [4.78, 5) is 34.2. The quantitative estimate of drug-likeness (QED) is 0.496. The zero-order chi connectivity index (χ0) is 22.7. The summed E-state index contributed by atoms with van der Waals surface area (Å²) >= 11 is 1.57. The highest BCUT2D eigenvalue weighted by atomic mass is 32.1. The van der Waals surface area contributed by atoms with Gasteiger partial charge in [0.2, 0.25) is 0 Å². The number of morpholine rings is 1. The lowest BCUT2D eigenvalue weighted by Gasteiger charge is -2.27. The van der Waals surface area contributed by atoms with Gasteiger partial charge < -0.3 is 4.74 Å². The number of benzene rings is 2. The lowest BCUT2D eigenvalue weighted by Crippen LogP contribution is -2.39. The van der Waals surface area contributed by atoms with Crippen LogP contribution in [0.3, 0.4) is 0 Å². The first-order valence-electron chi connectivity index (χ1n) is 11.0. The highest BCUT2D eigenvalue weighted by Crippen LogP contribution is 2.33. The molecule has 168 valence electrons. The maximum Gasteiger partial charge on any atom is 0.260 e. The molecule has 1 aliphatic rings. The summed E-state index contributed by atoms with van der Waals surface area (Å²) < 4.78 is 6.56. The van der Waals surface area contributed by atoms with E-state index in [1.807, 2.05) is 0 Å². The van der Waals surface area contributed by atoms with Gasteiger partial charge in [-0.05, 0) is 50.5 Å². The maximum absolute atomic E-state index is 13.5. The van der Waals surface area contributed by atoms with E-state index < -0.39 is 0 Å². The second-order valence-electron chi connectivity index (χ2n) is 8.27. The van der Waals surface area contributed by atoms with Crippen LogP contribution in [0.1, 0.15) is 45.2 Å². The van der Waals surface area contributed by atoms with Gasteiger partial charge in [0, 0.05) is 37.3 Å². The second-order valence-corrected chi connectivity index (χ2v) is 9.25. The van der Waals surface area contributed by atoms with Crippen molar-refractivity contribution in [3.63, 3.8) is 0 Å². The summed E-state index contributed by atoms with van der Waals surface area (Å²) in [5.74, 6) is -0.0973. The van der Waals surface area contributed by atoms with Gasteiger partial charge in [-0.15, -0.1) is 0 Å². The Labute approximate surface area is 192 Å². The van der Waals surface area contributed by atoms with Crippen LogP contribution < -0.4 is 4.90 Å². The molecule has 0 radical (unpaired) electrons. The first kappa shape index (κ1) is 22.6. The molecule has 0 unspecified atom stereocenters. The molecule has 0 atom stereocenters. The zero-order valence-corrected chi connectivity index (χ0v) is 19.7. The number of ether oxygens (including phenoxy) is 1. The van der Waals surface area contributed by atoms with Crippen LogP contribution in [0.2, 0.25) is 0 Å². The number of aromatic nitrogens is 1. The van der Waals surface area contributed by atoms with Crippen LogP contribution in [0.15, 0.2) is 36.4 Å². The number of rotatable bonds is 7. The molecule has 1 aliphatic heterocycles. The highest BCUT2D eigenvalue weighted by molar-refractivity contribution is 7.22. The zero-order valence-electron chi connectivity index (χ0n) is 18.9. The summed E-state index contributed by atoms with van der Waals surface area (Å²) in [6.45, 7) is 10.6. The van der Waals surface area contributed by atoms with Crippen molar-refractivity contribution in [2.45, 2.75) is 27.2 Å². The third kappa shape index (κ3) is 4.90. The Morgan fingerprint density at radius 3 is 2.34 bits per heavy atom. The number of carbonyl (C=O) groups excluding carboxylic acids is 2. The van der Waals surface area contributed by atoms with Crippen molar-refractivity contribution in [1.82, 2.24) is 9.88 Å². The van der Waals surface area contributed by atoms with E-state index in [4.69, 9.17) is 9.72 Å². The first-order chi connectivity index (χ1) is 15.4. The van der Waals surface area contributed by atoms with Gasteiger partial charge in [-0.1, -0.05) is 35.6 Å². The minimum absolute atomic E-state index is 0.0107. The lowest BCUT2D eigenvalue weighted by molar-refractivity contribution is 0.0376. The molecule has 0 saturated carbocycles. The summed E-state index contributed by atoms with van der Waals surface area (Å²) in [6.07, 6.45) is 0.852. The Hall–Kier alpha value is -2.61. The molecule has 1 aromatic heterocycles. The number of anilines is 1. The van der Waals surface area contributed by atoms with Crippen molar-refractivity contribution >= 4 is 38.4 Å². The number of hydrogen-bond acceptors (Lipinski definition) is 6. The maximum atomic E-state index is 13.5.